The summed E-state index contributed by atoms with van der Waals surface area (Å²) in [5, 5.41) is 0. The summed E-state index contributed by atoms with van der Waals surface area (Å²) < 4.78 is 32.5. The van der Waals surface area contributed by atoms with Gasteiger partial charge in [0.05, 0.1) is 0 Å². The van der Waals surface area contributed by atoms with Crippen LogP contribution in [0, 0.1) is 17.6 Å². The van der Waals surface area contributed by atoms with E-state index in [1.807, 2.05) is 0 Å². The van der Waals surface area contributed by atoms with Gasteiger partial charge in [0, 0.05) is 5.92 Å². The first-order chi connectivity index (χ1) is 12.5. The molecule has 0 aromatic heterocycles. The minimum atomic E-state index is -1.01. The Balaban J connectivity index is 1.48. The summed E-state index contributed by atoms with van der Waals surface area (Å²) in [5.41, 5.74) is 5.06. The summed E-state index contributed by atoms with van der Waals surface area (Å²) in [6.45, 7) is 1.44. The maximum Gasteiger partial charge on any atom is 0.279 e. The van der Waals surface area contributed by atoms with E-state index in [2.05, 4.69) is 10.9 Å². The van der Waals surface area contributed by atoms with E-state index in [9.17, 15) is 18.4 Å². The molecule has 26 heavy (non-hydrogen) atoms. The van der Waals surface area contributed by atoms with E-state index in [1.54, 1.807) is 24.3 Å². The van der Waals surface area contributed by atoms with Crippen LogP contribution in [0.5, 0.6) is 5.75 Å². The molecule has 1 aliphatic rings. The maximum atomic E-state index is 13.7. The van der Waals surface area contributed by atoms with Crippen molar-refractivity contribution in [2.24, 2.45) is 5.92 Å². The van der Waals surface area contributed by atoms with Crippen molar-refractivity contribution in [3.63, 3.8) is 0 Å². The van der Waals surface area contributed by atoms with Gasteiger partial charge in [0.25, 0.3) is 5.91 Å². The average molecular weight is 360 g/mol. The van der Waals surface area contributed by atoms with Gasteiger partial charge >= 0.3 is 0 Å². The lowest BCUT2D eigenvalue weighted by Crippen LogP contribution is -2.47. The number of nitrogens with one attached hydrogen (secondary N) is 2. The number of para-hydroxylation sites is 1. The predicted molar refractivity (Wildman–Crippen MR) is 90.0 cm³/mol. The number of rotatable bonds is 5. The van der Waals surface area contributed by atoms with Crippen LogP contribution in [0.2, 0.25) is 0 Å². The van der Waals surface area contributed by atoms with Crippen molar-refractivity contribution in [1.82, 2.24) is 10.9 Å². The molecule has 2 aromatic carbocycles. The summed E-state index contributed by atoms with van der Waals surface area (Å²) in [6, 6.07) is 12.0. The molecule has 0 radical (unpaired) electrons. The Labute approximate surface area is 149 Å². The highest BCUT2D eigenvalue weighted by Gasteiger charge is 2.45. The third kappa shape index (κ3) is 3.99. The Hall–Kier alpha value is -2.96. The monoisotopic (exact) mass is 360 g/mol. The van der Waals surface area contributed by atoms with Crippen molar-refractivity contribution in [2.45, 2.75) is 25.4 Å². The molecule has 1 saturated carbocycles. The average Bonchev–Trinajstić information content (AvgIpc) is 3.42. The minimum Gasteiger partial charge on any atom is -0.478 e. The molecule has 1 fully saturated rings. The van der Waals surface area contributed by atoms with Crippen LogP contribution < -0.4 is 15.6 Å². The normalized spacial score (nSPS) is 19.3. The van der Waals surface area contributed by atoms with Crippen LogP contribution in [0.1, 0.15) is 24.8 Å². The first-order valence-electron chi connectivity index (χ1n) is 8.22. The molecule has 0 aliphatic heterocycles. The lowest BCUT2D eigenvalue weighted by molar-refractivity contribution is -0.133. The number of halogens is 2. The Kier molecular flexibility index (Phi) is 5.16. The highest BCUT2D eigenvalue weighted by Crippen LogP contribution is 2.48. The third-order valence-electron chi connectivity index (χ3n) is 4.25. The van der Waals surface area contributed by atoms with Gasteiger partial charge in [-0.1, -0.05) is 30.3 Å². The molecular weight excluding hydrogens is 342 g/mol. The number of carbonyl (C=O) groups is 2. The summed E-state index contributed by atoms with van der Waals surface area (Å²) in [5.74, 6) is -2.58. The Morgan fingerprint density at radius 2 is 1.69 bits per heavy atom. The fraction of sp³-hybridized carbons (Fsp3) is 0.263. The number of amides is 2. The standard InChI is InChI=1S/C19H18F2N2O3/c1-11(26-17-9-5-4-8-16(17)21)18(24)22-23-19(25)14-10-13(14)12-6-2-3-7-15(12)20/h2-9,11,13-14H,10H2,1H3,(H,22,24)(H,23,25). The molecule has 5 nitrogen and oxygen atoms in total. The van der Waals surface area contributed by atoms with Crippen molar-refractivity contribution < 1.29 is 23.1 Å². The fourth-order valence-corrected chi connectivity index (χ4v) is 2.71. The van der Waals surface area contributed by atoms with Crippen LogP contribution >= 0.6 is 0 Å². The van der Waals surface area contributed by atoms with Crippen molar-refractivity contribution in [2.75, 3.05) is 0 Å². The van der Waals surface area contributed by atoms with Gasteiger partial charge in [0.15, 0.2) is 17.7 Å². The second-order valence-electron chi connectivity index (χ2n) is 6.14. The van der Waals surface area contributed by atoms with Gasteiger partial charge in [-0.2, -0.15) is 0 Å². The van der Waals surface area contributed by atoms with Gasteiger partial charge < -0.3 is 4.74 Å². The maximum absolute atomic E-state index is 13.7. The highest BCUT2D eigenvalue weighted by atomic mass is 19.1. The van der Waals surface area contributed by atoms with Crippen molar-refractivity contribution >= 4 is 11.8 Å². The lowest BCUT2D eigenvalue weighted by Gasteiger charge is -2.15. The first-order valence-corrected chi connectivity index (χ1v) is 8.22. The lowest BCUT2D eigenvalue weighted by atomic mass is 10.1. The topological polar surface area (TPSA) is 67.4 Å². The van der Waals surface area contributed by atoms with E-state index in [4.69, 9.17) is 4.74 Å². The number of carbonyl (C=O) groups excluding carboxylic acids is 2. The summed E-state index contributed by atoms with van der Waals surface area (Å²) in [7, 11) is 0. The summed E-state index contributed by atoms with van der Waals surface area (Å²) in [4.78, 5) is 24.1. The third-order valence-corrected chi connectivity index (χ3v) is 4.25. The number of hydrazine groups is 1. The molecule has 0 spiro atoms. The van der Waals surface area contributed by atoms with Crippen LogP contribution in [0.15, 0.2) is 48.5 Å². The summed E-state index contributed by atoms with van der Waals surface area (Å²) >= 11 is 0. The van der Waals surface area contributed by atoms with Crippen LogP contribution in [-0.2, 0) is 9.59 Å². The molecule has 2 aromatic rings. The molecule has 3 rings (SSSR count). The first kappa shape index (κ1) is 17.8. The Morgan fingerprint density at radius 3 is 2.38 bits per heavy atom. The molecule has 0 saturated heterocycles. The molecular formula is C19H18F2N2O3. The number of ether oxygens (including phenoxy) is 1. The second kappa shape index (κ2) is 7.51. The van der Waals surface area contributed by atoms with E-state index in [-0.39, 0.29) is 17.5 Å². The zero-order chi connectivity index (χ0) is 18.7. The molecule has 7 heteroatoms. The predicted octanol–water partition coefficient (Wildman–Crippen LogP) is 2.68. The van der Waals surface area contributed by atoms with Gasteiger partial charge in [-0.15, -0.1) is 0 Å². The van der Waals surface area contributed by atoms with Gasteiger partial charge in [-0.3, -0.25) is 20.4 Å². The molecule has 0 heterocycles. The van der Waals surface area contributed by atoms with E-state index in [0.29, 0.717) is 12.0 Å². The highest BCUT2D eigenvalue weighted by molar-refractivity contribution is 5.87. The van der Waals surface area contributed by atoms with Crippen LogP contribution in [0.3, 0.4) is 0 Å². The van der Waals surface area contributed by atoms with Gasteiger partial charge in [0.1, 0.15) is 5.82 Å². The van der Waals surface area contributed by atoms with E-state index >= 15 is 0 Å². The quantitative estimate of drug-likeness (QED) is 0.806. The van der Waals surface area contributed by atoms with E-state index in [1.165, 1.54) is 31.2 Å². The smallest absolute Gasteiger partial charge is 0.279 e. The Bertz CT molecular complexity index is 814. The molecule has 0 bridgehead atoms. The van der Waals surface area contributed by atoms with Gasteiger partial charge in [-0.25, -0.2) is 8.78 Å². The van der Waals surface area contributed by atoms with Crippen LogP contribution in [0.4, 0.5) is 8.78 Å². The molecule has 136 valence electrons. The van der Waals surface area contributed by atoms with Crippen LogP contribution in [-0.4, -0.2) is 17.9 Å². The SMILES string of the molecule is CC(Oc1ccccc1F)C(=O)NNC(=O)C1CC1c1ccccc1F. The van der Waals surface area contributed by atoms with Gasteiger partial charge in [-0.05, 0) is 43.0 Å². The fourth-order valence-electron chi connectivity index (χ4n) is 2.71. The van der Waals surface area contributed by atoms with Crippen molar-refractivity contribution in [3.8, 4) is 5.75 Å². The number of hydrogen-bond acceptors (Lipinski definition) is 3. The van der Waals surface area contributed by atoms with Crippen molar-refractivity contribution in [1.29, 1.82) is 0 Å². The van der Waals surface area contributed by atoms with E-state index in [0.717, 1.165) is 0 Å². The molecule has 2 amide bonds. The largest absolute Gasteiger partial charge is 0.478 e. The van der Waals surface area contributed by atoms with Crippen LogP contribution in [0.25, 0.3) is 0 Å². The summed E-state index contributed by atoms with van der Waals surface area (Å²) in [6.07, 6.45) is -0.488. The molecule has 1 aliphatic carbocycles. The van der Waals surface area contributed by atoms with Crippen molar-refractivity contribution in [3.05, 3.63) is 65.7 Å². The zero-order valence-electron chi connectivity index (χ0n) is 14.0. The minimum absolute atomic E-state index is 0.0525. The molecule has 2 N–H and O–H groups in total. The molecule has 3 unspecified atom stereocenters. The number of hydrogen-bond donors (Lipinski definition) is 2. The van der Waals surface area contributed by atoms with E-state index < -0.39 is 29.7 Å². The Morgan fingerprint density at radius 1 is 1.04 bits per heavy atom. The number of benzene rings is 2. The molecule has 3 atom stereocenters. The zero-order valence-corrected chi connectivity index (χ0v) is 14.0. The second-order valence-corrected chi connectivity index (χ2v) is 6.14. The van der Waals surface area contributed by atoms with Gasteiger partial charge in [0.2, 0.25) is 5.91 Å².